The van der Waals surface area contributed by atoms with Gasteiger partial charge >= 0.3 is 0 Å². The van der Waals surface area contributed by atoms with E-state index in [0.717, 1.165) is 24.3 Å². The average molecular weight is 240 g/mol. The van der Waals surface area contributed by atoms with E-state index >= 15 is 0 Å². The van der Waals surface area contributed by atoms with Crippen LogP contribution < -0.4 is 5.32 Å². The van der Waals surface area contributed by atoms with E-state index in [9.17, 15) is 0 Å². The molecule has 1 aliphatic heterocycles. The Bertz CT molecular complexity index is 506. The third-order valence-electron chi connectivity index (χ3n) is 3.41. The SMILES string of the molecule is c1ncc(-c2cc(C3CCCNC3)ccn2)cn1. The molecule has 1 atom stereocenters. The molecule has 1 aliphatic rings. The minimum Gasteiger partial charge on any atom is -0.316 e. The lowest BCUT2D eigenvalue weighted by atomic mass is 9.91. The highest BCUT2D eigenvalue weighted by molar-refractivity contribution is 5.57. The van der Waals surface area contributed by atoms with Gasteiger partial charge in [-0.15, -0.1) is 0 Å². The van der Waals surface area contributed by atoms with Crippen molar-refractivity contribution in [2.75, 3.05) is 13.1 Å². The highest BCUT2D eigenvalue weighted by atomic mass is 14.9. The summed E-state index contributed by atoms with van der Waals surface area (Å²) in [6.07, 6.45) is 9.53. The lowest BCUT2D eigenvalue weighted by Gasteiger charge is -2.23. The molecule has 1 unspecified atom stereocenters. The molecular formula is C14H16N4. The normalized spacial score (nSPS) is 19.7. The van der Waals surface area contributed by atoms with Gasteiger partial charge in [0.25, 0.3) is 0 Å². The van der Waals surface area contributed by atoms with Crippen molar-refractivity contribution < 1.29 is 0 Å². The lowest BCUT2D eigenvalue weighted by molar-refractivity contribution is 0.461. The Hall–Kier alpha value is -1.81. The molecule has 0 spiro atoms. The van der Waals surface area contributed by atoms with E-state index < -0.39 is 0 Å². The zero-order chi connectivity index (χ0) is 12.2. The summed E-state index contributed by atoms with van der Waals surface area (Å²) in [6.45, 7) is 2.20. The number of hydrogen-bond donors (Lipinski definition) is 1. The van der Waals surface area contributed by atoms with Crippen molar-refractivity contribution in [3.8, 4) is 11.3 Å². The van der Waals surface area contributed by atoms with Crippen LogP contribution in [0.5, 0.6) is 0 Å². The predicted molar refractivity (Wildman–Crippen MR) is 70.1 cm³/mol. The van der Waals surface area contributed by atoms with Crippen LogP contribution in [0.3, 0.4) is 0 Å². The van der Waals surface area contributed by atoms with Crippen LogP contribution in [0.25, 0.3) is 11.3 Å². The molecule has 1 fully saturated rings. The number of piperidine rings is 1. The maximum Gasteiger partial charge on any atom is 0.115 e. The van der Waals surface area contributed by atoms with Gasteiger partial charge in [-0.3, -0.25) is 4.98 Å². The van der Waals surface area contributed by atoms with Crippen LogP contribution in [-0.2, 0) is 0 Å². The molecule has 0 aromatic carbocycles. The molecule has 92 valence electrons. The molecule has 18 heavy (non-hydrogen) atoms. The summed E-state index contributed by atoms with van der Waals surface area (Å²) in [4.78, 5) is 12.5. The Kier molecular flexibility index (Phi) is 3.28. The van der Waals surface area contributed by atoms with Crippen molar-refractivity contribution in [2.45, 2.75) is 18.8 Å². The van der Waals surface area contributed by atoms with Crippen molar-refractivity contribution in [1.82, 2.24) is 20.3 Å². The van der Waals surface area contributed by atoms with E-state index in [2.05, 4.69) is 32.4 Å². The first-order chi connectivity index (χ1) is 8.93. The third kappa shape index (κ3) is 2.38. The first-order valence-corrected chi connectivity index (χ1v) is 6.35. The Morgan fingerprint density at radius 2 is 2.11 bits per heavy atom. The molecule has 2 aromatic rings. The second kappa shape index (κ2) is 5.23. The van der Waals surface area contributed by atoms with Gasteiger partial charge in [0, 0.05) is 30.7 Å². The first kappa shape index (κ1) is 11.3. The van der Waals surface area contributed by atoms with Crippen molar-refractivity contribution >= 4 is 0 Å². The first-order valence-electron chi connectivity index (χ1n) is 6.35. The van der Waals surface area contributed by atoms with E-state index in [4.69, 9.17) is 0 Å². The number of aromatic nitrogens is 3. The van der Waals surface area contributed by atoms with E-state index in [0.29, 0.717) is 5.92 Å². The highest BCUT2D eigenvalue weighted by Crippen LogP contribution is 2.25. The molecular weight excluding hydrogens is 224 g/mol. The topological polar surface area (TPSA) is 50.7 Å². The molecule has 0 bridgehead atoms. The summed E-state index contributed by atoms with van der Waals surface area (Å²) in [5, 5.41) is 3.45. The number of nitrogens with one attached hydrogen (secondary N) is 1. The summed E-state index contributed by atoms with van der Waals surface area (Å²) in [6, 6.07) is 4.28. The second-order valence-electron chi connectivity index (χ2n) is 4.64. The number of rotatable bonds is 2. The van der Waals surface area contributed by atoms with Crippen LogP contribution in [0.2, 0.25) is 0 Å². The van der Waals surface area contributed by atoms with Crippen molar-refractivity contribution in [3.05, 3.63) is 42.6 Å². The number of hydrogen-bond acceptors (Lipinski definition) is 4. The molecule has 0 aliphatic carbocycles. The van der Waals surface area contributed by atoms with E-state index in [1.165, 1.54) is 18.4 Å². The van der Waals surface area contributed by atoms with Gasteiger partial charge in [-0.25, -0.2) is 9.97 Å². The minimum absolute atomic E-state index is 0.602. The smallest absolute Gasteiger partial charge is 0.115 e. The van der Waals surface area contributed by atoms with Gasteiger partial charge in [0.1, 0.15) is 6.33 Å². The van der Waals surface area contributed by atoms with Gasteiger partial charge < -0.3 is 5.32 Å². The fourth-order valence-electron chi connectivity index (χ4n) is 2.43. The van der Waals surface area contributed by atoms with Crippen LogP contribution >= 0.6 is 0 Å². The summed E-state index contributed by atoms with van der Waals surface area (Å²) < 4.78 is 0. The molecule has 0 saturated carbocycles. The van der Waals surface area contributed by atoms with Gasteiger partial charge in [-0.05, 0) is 43.0 Å². The largest absolute Gasteiger partial charge is 0.316 e. The summed E-state index contributed by atoms with van der Waals surface area (Å²) in [7, 11) is 0. The Labute approximate surface area is 107 Å². The third-order valence-corrected chi connectivity index (χ3v) is 3.41. The monoisotopic (exact) mass is 240 g/mol. The average Bonchev–Trinajstić information content (AvgIpc) is 2.49. The summed E-state index contributed by atoms with van der Waals surface area (Å²) in [5.74, 6) is 0.602. The Morgan fingerprint density at radius 3 is 2.89 bits per heavy atom. The fraction of sp³-hybridized carbons (Fsp3) is 0.357. The van der Waals surface area contributed by atoms with E-state index in [-0.39, 0.29) is 0 Å². The lowest BCUT2D eigenvalue weighted by Crippen LogP contribution is -2.28. The van der Waals surface area contributed by atoms with Gasteiger partial charge in [0.2, 0.25) is 0 Å². The molecule has 2 aromatic heterocycles. The number of nitrogens with zero attached hydrogens (tertiary/aromatic N) is 3. The van der Waals surface area contributed by atoms with Crippen LogP contribution in [0.1, 0.15) is 24.3 Å². The molecule has 0 amide bonds. The summed E-state index contributed by atoms with van der Waals surface area (Å²) >= 11 is 0. The molecule has 1 N–H and O–H groups in total. The highest BCUT2D eigenvalue weighted by Gasteiger charge is 2.15. The summed E-state index contributed by atoms with van der Waals surface area (Å²) in [5.41, 5.74) is 3.29. The molecule has 0 radical (unpaired) electrons. The van der Waals surface area contributed by atoms with Crippen LogP contribution in [-0.4, -0.2) is 28.0 Å². The Balaban J connectivity index is 1.89. The standard InChI is InChI=1S/C14H16N4/c1-2-12(7-15-4-1)11-3-5-18-14(6-11)13-8-16-10-17-9-13/h3,5-6,8-10,12,15H,1-2,4,7H2. The van der Waals surface area contributed by atoms with Crippen LogP contribution in [0.15, 0.2) is 37.1 Å². The van der Waals surface area contributed by atoms with E-state index in [1.807, 2.05) is 6.20 Å². The maximum atomic E-state index is 4.40. The van der Waals surface area contributed by atoms with Gasteiger partial charge in [-0.2, -0.15) is 0 Å². The zero-order valence-corrected chi connectivity index (χ0v) is 10.2. The van der Waals surface area contributed by atoms with E-state index in [1.54, 1.807) is 18.7 Å². The molecule has 4 nitrogen and oxygen atoms in total. The van der Waals surface area contributed by atoms with Crippen molar-refractivity contribution in [1.29, 1.82) is 0 Å². The van der Waals surface area contributed by atoms with Crippen LogP contribution in [0, 0.1) is 0 Å². The fourth-order valence-corrected chi connectivity index (χ4v) is 2.43. The Morgan fingerprint density at radius 1 is 1.22 bits per heavy atom. The number of pyridine rings is 1. The van der Waals surface area contributed by atoms with Crippen LogP contribution in [0.4, 0.5) is 0 Å². The second-order valence-corrected chi connectivity index (χ2v) is 4.64. The quantitative estimate of drug-likeness (QED) is 0.872. The van der Waals surface area contributed by atoms with Crippen molar-refractivity contribution in [2.24, 2.45) is 0 Å². The molecule has 4 heteroatoms. The minimum atomic E-state index is 0.602. The van der Waals surface area contributed by atoms with Crippen molar-refractivity contribution in [3.63, 3.8) is 0 Å². The maximum absolute atomic E-state index is 4.40. The van der Waals surface area contributed by atoms with Gasteiger partial charge in [0.15, 0.2) is 0 Å². The molecule has 1 saturated heterocycles. The van der Waals surface area contributed by atoms with Gasteiger partial charge in [0.05, 0.1) is 5.69 Å². The van der Waals surface area contributed by atoms with Gasteiger partial charge in [-0.1, -0.05) is 0 Å². The molecule has 3 heterocycles. The molecule has 3 rings (SSSR count). The zero-order valence-electron chi connectivity index (χ0n) is 10.2. The predicted octanol–water partition coefficient (Wildman–Crippen LogP) is 2.01.